The van der Waals surface area contributed by atoms with E-state index in [4.69, 9.17) is 4.74 Å². The van der Waals surface area contributed by atoms with Crippen LogP contribution in [0.3, 0.4) is 0 Å². The van der Waals surface area contributed by atoms with Crippen molar-refractivity contribution in [2.24, 2.45) is 0 Å². The molecule has 1 aliphatic rings. The molecule has 2 nitrogen and oxygen atoms in total. The maximum absolute atomic E-state index is 10.7. The topological polar surface area (TPSA) is 26.3 Å². The first-order chi connectivity index (χ1) is 4.74. The van der Waals surface area contributed by atoms with Crippen molar-refractivity contribution in [2.45, 2.75) is 32.3 Å². The lowest BCUT2D eigenvalue weighted by molar-refractivity contribution is -0.138. The van der Waals surface area contributed by atoms with Gasteiger partial charge in [0.05, 0.1) is 0 Å². The molecule has 2 heteroatoms. The molecule has 1 atom stereocenters. The Morgan fingerprint density at radius 1 is 1.80 bits per heavy atom. The zero-order chi connectivity index (χ0) is 7.56. The van der Waals surface area contributed by atoms with Crippen LogP contribution in [0.15, 0.2) is 12.2 Å². The molecule has 1 fully saturated rings. The normalized spacial score (nSPS) is 25.1. The minimum Gasteiger partial charge on any atom is -0.459 e. The Bertz CT molecular complexity index is 145. The van der Waals surface area contributed by atoms with Crippen LogP contribution in [0.1, 0.15) is 26.2 Å². The van der Waals surface area contributed by atoms with E-state index in [1.54, 1.807) is 0 Å². The van der Waals surface area contributed by atoms with Crippen LogP contribution in [0.4, 0.5) is 0 Å². The smallest absolute Gasteiger partial charge is 0.333 e. The molecule has 0 bridgehead atoms. The fourth-order valence-electron chi connectivity index (χ4n) is 1.12. The molecule has 0 amide bonds. The average Bonchev–Trinajstić information content (AvgIpc) is 2.14. The summed E-state index contributed by atoms with van der Waals surface area (Å²) in [6.07, 6.45) is 2.87. The Balaban J connectivity index is 2.41. The number of carbonyl (C=O) groups excluding carboxylic acids is 1. The van der Waals surface area contributed by atoms with E-state index >= 15 is 0 Å². The Labute approximate surface area is 60.9 Å². The van der Waals surface area contributed by atoms with E-state index in [1.807, 2.05) is 0 Å². The van der Waals surface area contributed by atoms with Gasteiger partial charge in [0.15, 0.2) is 0 Å². The maximum Gasteiger partial charge on any atom is 0.333 e. The van der Waals surface area contributed by atoms with Crippen LogP contribution in [0, 0.1) is 0 Å². The summed E-state index contributed by atoms with van der Waals surface area (Å²) in [4.78, 5) is 10.7. The maximum atomic E-state index is 10.7. The number of cyclic esters (lactones) is 1. The van der Waals surface area contributed by atoms with Crippen molar-refractivity contribution in [3.63, 3.8) is 0 Å². The molecule has 0 spiro atoms. The van der Waals surface area contributed by atoms with E-state index in [0.29, 0.717) is 5.57 Å². The number of hydrogen-bond acceptors (Lipinski definition) is 2. The van der Waals surface area contributed by atoms with E-state index in [9.17, 15) is 4.79 Å². The van der Waals surface area contributed by atoms with E-state index in [2.05, 4.69) is 13.5 Å². The Morgan fingerprint density at radius 2 is 2.50 bits per heavy atom. The third-order valence-electron chi connectivity index (χ3n) is 1.65. The van der Waals surface area contributed by atoms with Crippen molar-refractivity contribution in [3.05, 3.63) is 12.2 Å². The summed E-state index contributed by atoms with van der Waals surface area (Å²) in [6, 6.07) is 0. The van der Waals surface area contributed by atoms with E-state index in [0.717, 1.165) is 19.3 Å². The number of carbonyl (C=O) groups is 1. The van der Waals surface area contributed by atoms with Crippen LogP contribution in [-0.4, -0.2) is 12.1 Å². The fraction of sp³-hybridized carbons (Fsp3) is 0.625. The molecule has 1 heterocycles. The largest absolute Gasteiger partial charge is 0.459 e. The van der Waals surface area contributed by atoms with Gasteiger partial charge in [-0.05, 0) is 6.42 Å². The summed E-state index contributed by atoms with van der Waals surface area (Å²) in [5.41, 5.74) is 0.624. The molecule has 0 aliphatic carbocycles. The third kappa shape index (κ3) is 1.38. The van der Waals surface area contributed by atoms with Gasteiger partial charge in [0.25, 0.3) is 0 Å². The Hall–Kier alpha value is -0.790. The standard InChI is InChI=1S/C8H12O2/c1-3-4-7-5-6(2)8(9)10-7/h7H,2-5H2,1H3. The monoisotopic (exact) mass is 140 g/mol. The summed E-state index contributed by atoms with van der Waals surface area (Å²) < 4.78 is 4.98. The molecular formula is C8H12O2. The van der Waals surface area contributed by atoms with E-state index in [1.165, 1.54) is 0 Å². The predicted molar refractivity (Wildman–Crippen MR) is 38.5 cm³/mol. The molecule has 0 aromatic carbocycles. The van der Waals surface area contributed by atoms with Gasteiger partial charge >= 0.3 is 5.97 Å². The van der Waals surface area contributed by atoms with Crippen molar-refractivity contribution in [1.82, 2.24) is 0 Å². The van der Waals surface area contributed by atoms with Crippen molar-refractivity contribution in [3.8, 4) is 0 Å². The first-order valence-corrected chi connectivity index (χ1v) is 3.62. The highest BCUT2D eigenvalue weighted by Gasteiger charge is 2.25. The molecule has 0 N–H and O–H groups in total. The van der Waals surface area contributed by atoms with Gasteiger partial charge < -0.3 is 4.74 Å². The number of esters is 1. The van der Waals surface area contributed by atoms with Gasteiger partial charge in [0.2, 0.25) is 0 Å². The van der Waals surface area contributed by atoms with Gasteiger partial charge in [-0.25, -0.2) is 4.79 Å². The highest BCUT2D eigenvalue weighted by Crippen LogP contribution is 2.21. The average molecular weight is 140 g/mol. The summed E-state index contributed by atoms with van der Waals surface area (Å²) in [5, 5.41) is 0. The van der Waals surface area contributed by atoms with Gasteiger partial charge in [-0.15, -0.1) is 0 Å². The molecule has 0 aromatic heterocycles. The molecule has 0 aromatic rings. The van der Waals surface area contributed by atoms with Crippen molar-refractivity contribution < 1.29 is 9.53 Å². The fourth-order valence-corrected chi connectivity index (χ4v) is 1.12. The van der Waals surface area contributed by atoms with Crippen molar-refractivity contribution >= 4 is 5.97 Å². The first-order valence-electron chi connectivity index (χ1n) is 3.62. The highest BCUT2D eigenvalue weighted by molar-refractivity contribution is 5.89. The van der Waals surface area contributed by atoms with E-state index < -0.39 is 0 Å². The van der Waals surface area contributed by atoms with Crippen LogP contribution in [0.2, 0.25) is 0 Å². The van der Waals surface area contributed by atoms with Crippen LogP contribution in [0.5, 0.6) is 0 Å². The lowest BCUT2D eigenvalue weighted by Gasteiger charge is -2.04. The predicted octanol–water partition coefficient (Wildman–Crippen LogP) is 1.66. The zero-order valence-corrected chi connectivity index (χ0v) is 6.22. The van der Waals surface area contributed by atoms with Crippen LogP contribution >= 0.6 is 0 Å². The number of hydrogen-bond donors (Lipinski definition) is 0. The highest BCUT2D eigenvalue weighted by atomic mass is 16.5. The third-order valence-corrected chi connectivity index (χ3v) is 1.65. The van der Waals surface area contributed by atoms with Crippen LogP contribution in [0.25, 0.3) is 0 Å². The second kappa shape index (κ2) is 2.86. The van der Waals surface area contributed by atoms with Gasteiger partial charge in [-0.3, -0.25) is 0 Å². The summed E-state index contributed by atoms with van der Waals surface area (Å²) >= 11 is 0. The van der Waals surface area contributed by atoms with Gasteiger partial charge in [0, 0.05) is 12.0 Å². The second-order valence-electron chi connectivity index (χ2n) is 2.62. The summed E-state index contributed by atoms with van der Waals surface area (Å²) in [7, 11) is 0. The minimum atomic E-state index is -0.210. The molecule has 1 aliphatic heterocycles. The molecule has 0 radical (unpaired) electrons. The van der Waals surface area contributed by atoms with E-state index in [-0.39, 0.29) is 12.1 Å². The lowest BCUT2D eigenvalue weighted by Crippen LogP contribution is -2.05. The van der Waals surface area contributed by atoms with Crippen LogP contribution < -0.4 is 0 Å². The van der Waals surface area contributed by atoms with Gasteiger partial charge in [-0.1, -0.05) is 19.9 Å². The molecule has 56 valence electrons. The van der Waals surface area contributed by atoms with Crippen molar-refractivity contribution in [1.29, 1.82) is 0 Å². The molecule has 1 unspecified atom stereocenters. The minimum absolute atomic E-state index is 0.116. The van der Waals surface area contributed by atoms with Crippen molar-refractivity contribution in [2.75, 3.05) is 0 Å². The zero-order valence-electron chi connectivity index (χ0n) is 6.22. The number of rotatable bonds is 2. The molecule has 1 saturated heterocycles. The molecule has 0 saturated carbocycles. The van der Waals surface area contributed by atoms with Gasteiger partial charge in [0.1, 0.15) is 6.10 Å². The second-order valence-corrected chi connectivity index (χ2v) is 2.62. The molecule has 10 heavy (non-hydrogen) atoms. The Morgan fingerprint density at radius 3 is 2.90 bits per heavy atom. The first kappa shape index (κ1) is 7.32. The SMILES string of the molecule is C=C1CC(CCC)OC1=O. The summed E-state index contributed by atoms with van der Waals surface area (Å²) in [6.45, 7) is 5.67. The lowest BCUT2D eigenvalue weighted by atomic mass is 10.1. The summed E-state index contributed by atoms with van der Waals surface area (Å²) in [5.74, 6) is -0.210. The number of ether oxygens (including phenoxy) is 1. The molecular weight excluding hydrogens is 128 g/mol. The van der Waals surface area contributed by atoms with Crippen LogP contribution in [-0.2, 0) is 9.53 Å². The Kier molecular flexibility index (Phi) is 2.10. The quantitative estimate of drug-likeness (QED) is 0.430. The molecule has 1 rings (SSSR count). The van der Waals surface area contributed by atoms with Gasteiger partial charge in [-0.2, -0.15) is 0 Å².